The van der Waals surface area contributed by atoms with Crippen molar-refractivity contribution in [2.45, 2.75) is 71.6 Å². The second-order valence-electron chi connectivity index (χ2n) is 20.9. The van der Waals surface area contributed by atoms with E-state index in [9.17, 15) is 0 Å². The van der Waals surface area contributed by atoms with E-state index < -0.39 is 0 Å². The molecule has 2 aromatic heterocycles. The molecule has 2 aliphatic heterocycles. The van der Waals surface area contributed by atoms with E-state index >= 15 is 0 Å². The third kappa shape index (κ3) is 4.96. The summed E-state index contributed by atoms with van der Waals surface area (Å²) >= 11 is 1.92. The van der Waals surface area contributed by atoms with Crippen LogP contribution in [0.4, 0.5) is 11.4 Å². The second-order valence-corrected chi connectivity index (χ2v) is 22.0. The Bertz CT molecular complexity index is 3610. The minimum absolute atomic E-state index is 0.0128. The average molecular weight is 829 g/mol. The molecule has 13 rings (SSSR count). The molecule has 0 N–H and O–H groups in total. The highest BCUT2D eigenvalue weighted by atomic mass is 32.1. The lowest BCUT2D eigenvalue weighted by molar-refractivity contribution is 0.590. The maximum atomic E-state index is 2.73. The summed E-state index contributed by atoms with van der Waals surface area (Å²) in [5, 5.41) is 5.38. The molecule has 0 radical (unpaired) electrons. The number of anilines is 2. The molecule has 2 nitrogen and oxygen atoms in total. The van der Waals surface area contributed by atoms with Crippen molar-refractivity contribution in [1.82, 2.24) is 4.57 Å². The first-order chi connectivity index (χ1) is 30.3. The molecule has 4 heterocycles. The summed E-state index contributed by atoms with van der Waals surface area (Å²) in [5.41, 5.74) is 22.4. The number of benzene rings is 8. The SMILES string of the molecule is CC(C)(C)c1ccc2c(c1)c1cc(C(C)(C)C)cc3c1n2-c1cc2c(c4c1B3N(c1ccc(-c3ccccc3)cc1)c1ccc3sc5ccccc5c3c1-4)C(C)(C)c1ccccc1-2. The zero-order valence-corrected chi connectivity index (χ0v) is 38.1. The van der Waals surface area contributed by atoms with Crippen molar-refractivity contribution in [3.05, 3.63) is 174 Å². The Labute approximate surface area is 374 Å². The van der Waals surface area contributed by atoms with Crippen molar-refractivity contribution >= 4 is 82.5 Å². The first-order valence-corrected chi connectivity index (χ1v) is 23.4. The largest absolute Gasteiger partial charge is 0.376 e. The van der Waals surface area contributed by atoms with E-state index in [-0.39, 0.29) is 23.1 Å². The number of thiophene rings is 1. The topological polar surface area (TPSA) is 8.17 Å². The zero-order valence-electron chi connectivity index (χ0n) is 37.3. The van der Waals surface area contributed by atoms with E-state index in [1.807, 2.05) is 11.3 Å². The zero-order chi connectivity index (χ0) is 42.9. The van der Waals surface area contributed by atoms with Gasteiger partial charge in [0.05, 0.1) is 11.0 Å². The van der Waals surface area contributed by atoms with Crippen LogP contribution in [0.3, 0.4) is 0 Å². The van der Waals surface area contributed by atoms with Gasteiger partial charge >= 0.3 is 6.85 Å². The fourth-order valence-electron chi connectivity index (χ4n) is 11.8. The van der Waals surface area contributed by atoms with Crippen molar-refractivity contribution in [1.29, 1.82) is 0 Å². The Morgan fingerprint density at radius 3 is 2.02 bits per heavy atom. The van der Waals surface area contributed by atoms with Gasteiger partial charge in [-0.25, -0.2) is 0 Å². The van der Waals surface area contributed by atoms with Gasteiger partial charge in [0, 0.05) is 59.0 Å². The van der Waals surface area contributed by atoms with Crippen LogP contribution in [0.25, 0.3) is 81.0 Å². The molecule has 0 bridgehead atoms. The number of hydrogen-bond donors (Lipinski definition) is 0. The second kappa shape index (κ2) is 12.4. The molecule has 304 valence electrons. The summed E-state index contributed by atoms with van der Waals surface area (Å²) in [5.74, 6) is 0. The third-order valence-electron chi connectivity index (χ3n) is 14.8. The minimum Gasteiger partial charge on any atom is -0.376 e. The molecular weight excluding hydrogens is 780 g/mol. The van der Waals surface area contributed by atoms with Crippen LogP contribution in [0.2, 0.25) is 0 Å². The normalized spacial score (nSPS) is 14.7. The summed E-state index contributed by atoms with van der Waals surface area (Å²) in [6.45, 7) is 19.0. The van der Waals surface area contributed by atoms with Crippen LogP contribution in [0, 0.1) is 0 Å². The van der Waals surface area contributed by atoms with Gasteiger partial charge in [0.15, 0.2) is 0 Å². The maximum Gasteiger partial charge on any atom is 0.333 e. The number of aromatic nitrogens is 1. The van der Waals surface area contributed by atoms with Crippen LogP contribution in [-0.4, -0.2) is 11.4 Å². The lowest BCUT2D eigenvalue weighted by Gasteiger charge is -2.44. The standard InChI is InChI=1S/C59H49BN2S/c1-57(2,3)36-24-27-46-41(30-36)43-31-37(58(4,5)6)32-45-56(43)61(46)48-33-42-39-18-12-14-20-44(39)59(7,8)54(42)53-52-47(28-29-50-51(52)40-19-13-15-21-49(40)63-50)62(60(45)55(48)53)38-25-22-35(23-26-38)34-16-10-9-11-17-34/h9-33H,1-8H3. The molecule has 0 amide bonds. The van der Waals surface area contributed by atoms with Crippen molar-refractivity contribution < 1.29 is 0 Å². The Hall–Kier alpha value is -6.36. The highest BCUT2D eigenvalue weighted by Crippen LogP contribution is 2.58. The molecule has 63 heavy (non-hydrogen) atoms. The van der Waals surface area contributed by atoms with Gasteiger partial charge in [-0.05, 0) is 126 Å². The van der Waals surface area contributed by atoms with Crippen LogP contribution >= 0.6 is 11.3 Å². The predicted molar refractivity (Wildman–Crippen MR) is 273 cm³/mol. The van der Waals surface area contributed by atoms with Gasteiger partial charge in [-0.3, -0.25) is 0 Å². The van der Waals surface area contributed by atoms with Gasteiger partial charge in [-0.2, -0.15) is 0 Å². The van der Waals surface area contributed by atoms with Crippen molar-refractivity contribution in [2.24, 2.45) is 0 Å². The molecule has 0 atom stereocenters. The lowest BCUT2D eigenvalue weighted by atomic mass is 9.43. The smallest absolute Gasteiger partial charge is 0.333 e. The predicted octanol–water partition coefficient (Wildman–Crippen LogP) is 15.0. The van der Waals surface area contributed by atoms with E-state index in [1.54, 1.807) is 0 Å². The van der Waals surface area contributed by atoms with Crippen molar-refractivity contribution in [3.63, 3.8) is 0 Å². The molecule has 8 aromatic carbocycles. The van der Waals surface area contributed by atoms with Gasteiger partial charge in [0.2, 0.25) is 0 Å². The lowest BCUT2D eigenvalue weighted by Crippen LogP contribution is -2.61. The molecule has 1 aliphatic carbocycles. The van der Waals surface area contributed by atoms with E-state index in [0.717, 1.165) is 0 Å². The van der Waals surface area contributed by atoms with Crippen LogP contribution < -0.4 is 15.7 Å². The Kier molecular flexibility index (Phi) is 7.34. The fourth-order valence-corrected chi connectivity index (χ4v) is 12.9. The van der Waals surface area contributed by atoms with Gasteiger partial charge in [0.1, 0.15) is 0 Å². The van der Waals surface area contributed by atoms with Crippen molar-refractivity contribution in [3.8, 4) is 39.1 Å². The molecule has 0 saturated heterocycles. The van der Waals surface area contributed by atoms with Crippen LogP contribution in [0.5, 0.6) is 0 Å². The van der Waals surface area contributed by atoms with Crippen LogP contribution in [-0.2, 0) is 16.2 Å². The van der Waals surface area contributed by atoms with Gasteiger partial charge in [-0.1, -0.05) is 152 Å². The first-order valence-electron chi connectivity index (χ1n) is 22.6. The minimum atomic E-state index is -0.227. The van der Waals surface area contributed by atoms with E-state index in [0.29, 0.717) is 0 Å². The maximum absolute atomic E-state index is 2.73. The number of fused-ring (bicyclic) bond motifs is 15. The van der Waals surface area contributed by atoms with Gasteiger partial charge in [0.25, 0.3) is 0 Å². The molecular formula is C59H49BN2S. The molecule has 0 unspecified atom stereocenters. The highest BCUT2D eigenvalue weighted by Gasteiger charge is 2.50. The Balaban J connectivity index is 1.25. The van der Waals surface area contributed by atoms with E-state index in [4.69, 9.17) is 0 Å². The van der Waals surface area contributed by atoms with Gasteiger partial charge in [-0.15, -0.1) is 11.3 Å². The number of nitrogens with zero attached hydrogens (tertiary/aromatic N) is 2. The van der Waals surface area contributed by atoms with Crippen LogP contribution in [0.15, 0.2) is 152 Å². The average Bonchev–Trinajstić information content (AvgIpc) is 3.90. The molecule has 3 aliphatic rings. The van der Waals surface area contributed by atoms with E-state index in [2.05, 4.69) is 216 Å². The monoisotopic (exact) mass is 828 g/mol. The Morgan fingerprint density at radius 1 is 0.540 bits per heavy atom. The summed E-state index contributed by atoms with van der Waals surface area (Å²) in [4.78, 5) is 2.73. The molecule has 0 fully saturated rings. The quantitative estimate of drug-likeness (QED) is 0.158. The molecule has 10 aromatic rings. The first kappa shape index (κ1) is 37.2. The molecule has 0 spiro atoms. The fraction of sp³-hybridized carbons (Fsp3) is 0.186. The molecule has 4 heteroatoms. The number of rotatable bonds is 2. The highest BCUT2D eigenvalue weighted by molar-refractivity contribution is 7.26. The summed E-state index contributed by atoms with van der Waals surface area (Å²) < 4.78 is 5.34. The summed E-state index contributed by atoms with van der Waals surface area (Å²) in [6.07, 6.45) is 0. The van der Waals surface area contributed by atoms with Crippen molar-refractivity contribution in [2.75, 3.05) is 4.81 Å². The van der Waals surface area contributed by atoms with Gasteiger partial charge < -0.3 is 9.38 Å². The summed E-state index contributed by atoms with van der Waals surface area (Å²) in [6, 6.07) is 58.4. The number of hydrogen-bond acceptors (Lipinski definition) is 2. The summed E-state index contributed by atoms with van der Waals surface area (Å²) in [7, 11) is 0. The Morgan fingerprint density at radius 2 is 1.24 bits per heavy atom. The van der Waals surface area contributed by atoms with Crippen LogP contribution in [0.1, 0.15) is 77.6 Å². The third-order valence-corrected chi connectivity index (χ3v) is 16.0. The van der Waals surface area contributed by atoms with E-state index in [1.165, 1.54) is 126 Å². The molecule has 0 saturated carbocycles.